The number of hydrogen-bond acceptors (Lipinski definition) is 5. The van der Waals surface area contributed by atoms with Gasteiger partial charge in [-0.05, 0) is 44.0 Å². The third kappa shape index (κ3) is 3.84. The molecule has 3 aromatic rings. The number of carbonyl (C=O) groups is 1. The van der Waals surface area contributed by atoms with E-state index in [1.165, 1.54) is 24.6 Å². The van der Waals surface area contributed by atoms with E-state index in [-0.39, 0.29) is 11.0 Å². The standard InChI is InChI=1S/C20H18ClN3OS/c1-12(18(25)13-5-4-6-14(21)11-13)26-20-23-17-8-3-2-7-16(17)19(24-20)22-15-9-10-15/h2-8,11-12,15H,9-10H2,1H3,(H,22,23,24). The molecule has 0 spiro atoms. The number of nitrogens with zero attached hydrogens (tertiary/aromatic N) is 2. The highest BCUT2D eigenvalue weighted by atomic mass is 35.5. The first-order valence-electron chi connectivity index (χ1n) is 8.60. The van der Waals surface area contributed by atoms with Crippen molar-refractivity contribution in [3.05, 3.63) is 59.1 Å². The summed E-state index contributed by atoms with van der Waals surface area (Å²) in [5, 5.41) is 5.35. The summed E-state index contributed by atoms with van der Waals surface area (Å²) in [4.78, 5) is 22.0. The zero-order valence-electron chi connectivity index (χ0n) is 14.3. The Morgan fingerprint density at radius 3 is 2.77 bits per heavy atom. The molecule has 1 heterocycles. The minimum Gasteiger partial charge on any atom is -0.367 e. The number of benzene rings is 2. The van der Waals surface area contributed by atoms with Crippen LogP contribution in [-0.2, 0) is 0 Å². The van der Waals surface area contributed by atoms with Crippen LogP contribution in [0.3, 0.4) is 0 Å². The van der Waals surface area contributed by atoms with Gasteiger partial charge in [-0.1, -0.05) is 47.6 Å². The Balaban J connectivity index is 1.60. The van der Waals surface area contributed by atoms with Crippen LogP contribution in [0.25, 0.3) is 10.9 Å². The molecule has 1 N–H and O–H groups in total. The van der Waals surface area contributed by atoms with Gasteiger partial charge in [-0.2, -0.15) is 0 Å². The third-order valence-electron chi connectivity index (χ3n) is 4.26. The van der Waals surface area contributed by atoms with Gasteiger partial charge in [0.25, 0.3) is 0 Å². The molecule has 1 aromatic heterocycles. The topological polar surface area (TPSA) is 54.9 Å². The Morgan fingerprint density at radius 1 is 1.19 bits per heavy atom. The fourth-order valence-electron chi connectivity index (χ4n) is 2.73. The largest absolute Gasteiger partial charge is 0.367 e. The number of rotatable bonds is 6. The average Bonchev–Trinajstić information content (AvgIpc) is 3.45. The van der Waals surface area contributed by atoms with Crippen molar-refractivity contribution in [2.45, 2.75) is 36.2 Å². The van der Waals surface area contributed by atoms with Crippen molar-refractivity contribution in [2.75, 3.05) is 5.32 Å². The Hall–Kier alpha value is -2.11. The minimum absolute atomic E-state index is 0.0194. The molecule has 132 valence electrons. The molecule has 0 bridgehead atoms. The van der Waals surface area contributed by atoms with Crippen molar-refractivity contribution in [3.8, 4) is 0 Å². The Bertz CT molecular complexity index is 974. The molecule has 0 radical (unpaired) electrons. The van der Waals surface area contributed by atoms with Crippen LogP contribution in [0.1, 0.15) is 30.1 Å². The number of ketones is 1. The highest BCUT2D eigenvalue weighted by Gasteiger charge is 2.24. The fourth-order valence-corrected chi connectivity index (χ4v) is 3.77. The SMILES string of the molecule is CC(Sc1nc(NC2CC2)c2ccccc2n1)C(=O)c1cccc(Cl)c1. The number of anilines is 1. The van der Waals surface area contributed by atoms with E-state index in [1.54, 1.807) is 24.3 Å². The summed E-state index contributed by atoms with van der Waals surface area (Å²) in [6.07, 6.45) is 2.34. The second-order valence-corrected chi connectivity index (χ2v) is 8.17. The molecule has 1 fully saturated rings. The number of fused-ring (bicyclic) bond motifs is 1. The molecular weight excluding hydrogens is 366 g/mol. The summed E-state index contributed by atoms with van der Waals surface area (Å²) in [5.74, 6) is 0.869. The van der Waals surface area contributed by atoms with Gasteiger partial charge in [0.2, 0.25) is 0 Å². The fraction of sp³-hybridized carbons (Fsp3) is 0.250. The molecule has 4 nitrogen and oxygen atoms in total. The molecule has 0 amide bonds. The number of thioether (sulfide) groups is 1. The highest BCUT2D eigenvalue weighted by Crippen LogP contribution is 2.31. The maximum atomic E-state index is 12.7. The van der Waals surface area contributed by atoms with Gasteiger partial charge in [-0.3, -0.25) is 4.79 Å². The van der Waals surface area contributed by atoms with E-state index < -0.39 is 0 Å². The van der Waals surface area contributed by atoms with E-state index in [0.717, 1.165) is 16.7 Å². The first-order valence-corrected chi connectivity index (χ1v) is 9.85. The van der Waals surface area contributed by atoms with E-state index in [0.29, 0.717) is 21.8 Å². The van der Waals surface area contributed by atoms with E-state index in [1.807, 2.05) is 31.2 Å². The molecule has 0 aliphatic heterocycles. The Kier molecular flexibility index (Phi) is 4.83. The lowest BCUT2D eigenvalue weighted by atomic mass is 10.1. The summed E-state index contributed by atoms with van der Waals surface area (Å²) >= 11 is 7.38. The second kappa shape index (κ2) is 7.25. The van der Waals surface area contributed by atoms with Crippen LogP contribution in [-0.4, -0.2) is 27.0 Å². The van der Waals surface area contributed by atoms with Crippen LogP contribution in [0, 0.1) is 0 Å². The number of nitrogens with one attached hydrogen (secondary N) is 1. The maximum Gasteiger partial charge on any atom is 0.190 e. The maximum absolute atomic E-state index is 12.7. The van der Waals surface area contributed by atoms with Gasteiger partial charge in [0, 0.05) is 22.0 Å². The summed E-state index contributed by atoms with van der Waals surface area (Å²) in [6.45, 7) is 1.88. The number of aromatic nitrogens is 2. The van der Waals surface area contributed by atoms with Crippen molar-refractivity contribution in [1.82, 2.24) is 9.97 Å². The first kappa shape index (κ1) is 17.3. The van der Waals surface area contributed by atoms with Gasteiger partial charge in [0.1, 0.15) is 5.82 Å². The van der Waals surface area contributed by atoms with Gasteiger partial charge in [-0.15, -0.1) is 0 Å². The summed E-state index contributed by atoms with van der Waals surface area (Å²) in [6, 6.07) is 15.5. The van der Waals surface area contributed by atoms with Crippen molar-refractivity contribution < 1.29 is 4.79 Å². The number of carbonyl (C=O) groups excluding carboxylic acids is 1. The zero-order chi connectivity index (χ0) is 18.1. The minimum atomic E-state index is -0.302. The summed E-state index contributed by atoms with van der Waals surface area (Å²) < 4.78 is 0. The molecule has 26 heavy (non-hydrogen) atoms. The normalized spacial score (nSPS) is 15.0. The average molecular weight is 384 g/mol. The van der Waals surface area contributed by atoms with Gasteiger partial charge in [-0.25, -0.2) is 9.97 Å². The third-order valence-corrected chi connectivity index (χ3v) is 5.46. The lowest BCUT2D eigenvalue weighted by molar-refractivity contribution is 0.0994. The monoisotopic (exact) mass is 383 g/mol. The first-order chi connectivity index (χ1) is 12.6. The van der Waals surface area contributed by atoms with Crippen LogP contribution >= 0.6 is 23.4 Å². The molecule has 1 atom stereocenters. The Labute approximate surface area is 161 Å². The van der Waals surface area contributed by atoms with Crippen molar-refractivity contribution in [3.63, 3.8) is 0 Å². The number of Topliss-reactive ketones (excluding diaryl/α,β-unsaturated/α-hetero) is 1. The van der Waals surface area contributed by atoms with Crippen molar-refractivity contribution >= 4 is 45.9 Å². The van der Waals surface area contributed by atoms with E-state index in [2.05, 4.69) is 15.3 Å². The highest BCUT2D eigenvalue weighted by molar-refractivity contribution is 8.00. The smallest absolute Gasteiger partial charge is 0.190 e. The van der Waals surface area contributed by atoms with E-state index >= 15 is 0 Å². The molecule has 2 aromatic carbocycles. The molecule has 1 aliphatic carbocycles. The second-order valence-electron chi connectivity index (χ2n) is 6.43. The van der Waals surface area contributed by atoms with Crippen molar-refractivity contribution in [1.29, 1.82) is 0 Å². The predicted molar refractivity (Wildman–Crippen MR) is 107 cm³/mol. The predicted octanol–water partition coefficient (Wildman–Crippen LogP) is 5.22. The molecule has 0 saturated heterocycles. The molecule has 1 aliphatic rings. The Morgan fingerprint density at radius 2 is 2.00 bits per heavy atom. The number of hydrogen-bond donors (Lipinski definition) is 1. The van der Waals surface area contributed by atoms with E-state index in [9.17, 15) is 4.79 Å². The summed E-state index contributed by atoms with van der Waals surface area (Å²) in [7, 11) is 0. The van der Waals surface area contributed by atoms with Gasteiger partial charge in [0.15, 0.2) is 10.9 Å². The van der Waals surface area contributed by atoms with Crippen LogP contribution < -0.4 is 5.32 Å². The zero-order valence-corrected chi connectivity index (χ0v) is 15.8. The molecular formula is C20H18ClN3OS. The lowest BCUT2D eigenvalue weighted by Crippen LogP contribution is -2.14. The van der Waals surface area contributed by atoms with Gasteiger partial charge < -0.3 is 5.32 Å². The molecule has 1 unspecified atom stereocenters. The molecule has 4 rings (SSSR count). The number of halogens is 1. The van der Waals surface area contributed by atoms with Crippen LogP contribution in [0.4, 0.5) is 5.82 Å². The van der Waals surface area contributed by atoms with Crippen LogP contribution in [0.2, 0.25) is 5.02 Å². The van der Waals surface area contributed by atoms with Gasteiger partial charge in [0.05, 0.1) is 10.8 Å². The van der Waals surface area contributed by atoms with Crippen molar-refractivity contribution in [2.24, 2.45) is 0 Å². The quantitative estimate of drug-likeness (QED) is 0.359. The van der Waals surface area contributed by atoms with E-state index in [4.69, 9.17) is 11.6 Å². The van der Waals surface area contributed by atoms with Crippen LogP contribution in [0.5, 0.6) is 0 Å². The van der Waals surface area contributed by atoms with Gasteiger partial charge >= 0.3 is 0 Å². The summed E-state index contributed by atoms with van der Waals surface area (Å²) in [5.41, 5.74) is 1.49. The molecule has 1 saturated carbocycles. The van der Waals surface area contributed by atoms with Crippen LogP contribution in [0.15, 0.2) is 53.7 Å². The molecule has 6 heteroatoms. The lowest BCUT2D eigenvalue weighted by Gasteiger charge is -2.13. The number of para-hydroxylation sites is 1.